The standard InChI is InChI=1S/C16H26O3S/c1-5-16(3,4)15-11-7-9-14(13-15)10-8-12-19-20(17,18)6-2/h7,9,11,13H,5-6,8,10,12H2,1-4H3. The average Bonchev–Trinajstić information content (AvgIpc) is 2.44. The molecule has 0 fully saturated rings. The van der Waals surface area contributed by atoms with Crippen LogP contribution in [0.4, 0.5) is 0 Å². The lowest BCUT2D eigenvalue weighted by Crippen LogP contribution is -2.15. The highest BCUT2D eigenvalue weighted by Gasteiger charge is 2.17. The molecule has 0 aromatic heterocycles. The molecule has 0 amide bonds. The van der Waals surface area contributed by atoms with Crippen molar-refractivity contribution in [1.29, 1.82) is 0 Å². The summed E-state index contributed by atoms with van der Waals surface area (Å²) in [7, 11) is -3.31. The van der Waals surface area contributed by atoms with E-state index in [2.05, 4.69) is 45.0 Å². The van der Waals surface area contributed by atoms with Crippen molar-refractivity contribution in [1.82, 2.24) is 0 Å². The van der Waals surface area contributed by atoms with E-state index in [9.17, 15) is 8.42 Å². The number of benzene rings is 1. The van der Waals surface area contributed by atoms with E-state index >= 15 is 0 Å². The molecular weight excluding hydrogens is 272 g/mol. The van der Waals surface area contributed by atoms with Crippen LogP contribution in [0.3, 0.4) is 0 Å². The highest BCUT2D eigenvalue weighted by atomic mass is 32.2. The maximum atomic E-state index is 11.2. The van der Waals surface area contributed by atoms with Crippen LogP contribution in [0.5, 0.6) is 0 Å². The van der Waals surface area contributed by atoms with Gasteiger partial charge in [-0.15, -0.1) is 0 Å². The molecule has 0 heterocycles. The van der Waals surface area contributed by atoms with Crippen LogP contribution in [0.25, 0.3) is 0 Å². The lowest BCUT2D eigenvalue weighted by atomic mass is 9.81. The molecule has 1 rings (SSSR count). The van der Waals surface area contributed by atoms with E-state index < -0.39 is 10.1 Å². The summed E-state index contributed by atoms with van der Waals surface area (Å²) in [5, 5.41) is 0. The summed E-state index contributed by atoms with van der Waals surface area (Å²) in [6, 6.07) is 8.54. The van der Waals surface area contributed by atoms with Gasteiger partial charge in [0.1, 0.15) is 0 Å². The van der Waals surface area contributed by atoms with E-state index in [-0.39, 0.29) is 17.8 Å². The Hall–Kier alpha value is -0.870. The minimum absolute atomic E-state index is 0.0349. The second-order valence-electron chi connectivity index (χ2n) is 5.71. The molecule has 0 atom stereocenters. The van der Waals surface area contributed by atoms with Gasteiger partial charge in [-0.2, -0.15) is 8.42 Å². The molecule has 0 unspecified atom stereocenters. The fraction of sp³-hybridized carbons (Fsp3) is 0.625. The van der Waals surface area contributed by atoms with Crippen molar-refractivity contribution in [3.05, 3.63) is 35.4 Å². The van der Waals surface area contributed by atoms with E-state index in [1.807, 2.05) is 0 Å². The van der Waals surface area contributed by atoms with Crippen molar-refractivity contribution >= 4 is 10.1 Å². The first kappa shape index (κ1) is 17.2. The highest BCUT2D eigenvalue weighted by Crippen LogP contribution is 2.27. The molecule has 0 N–H and O–H groups in total. The van der Waals surface area contributed by atoms with Gasteiger partial charge in [-0.1, -0.05) is 45.0 Å². The Kier molecular flexibility index (Phi) is 6.21. The van der Waals surface area contributed by atoms with Gasteiger partial charge in [0.05, 0.1) is 12.4 Å². The van der Waals surface area contributed by atoms with Gasteiger partial charge in [0.2, 0.25) is 0 Å². The Morgan fingerprint density at radius 1 is 1.20 bits per heavy atom. The quantitative estimate of drug-likeness (QED) is 0.543. The molecule has 0 saturated carbocycles. The largest absolute Gasteiger partial charge is 0.270 e. The second-order valence-corrected chi connectivity index (χ2v) is 7.64. The van der Waals surface area contributed by atoms with Crippen molar-refractivity contribution in [2.24, 2.45) is 0 Å². The van der Waals surface area contributed by atoms with Crippen molar-refractivity contribution in [2.45, 2.75) is 52.4 Å². The third kappa shape index (κ3) is 5.25. The van der Waals surface area contributed by atoms with Crippen molar-refractivity contribution in [3.8, 4) is 0 Å². The van der Waals surface area contributed by atoms with E-state index in [1.54, 1.807) is 6.92 Å². The Morgan fingerprint density at radius 2 is 1.90 bits per heavy atom. The van der Waals surface area contributed by atoms with Crippen LogP contribution in [0.15, 0.2) is 24.3 Å². The molecule has 0 aliphatic heterocycles. The van der Waals surface area contributed by atoms with Crippen LogP contribution < -0.4 is 0 Å². The van der Waals surface area contributed by atoms with Crippen LogP contribution in [0.1, 0.15) is 51.7 Å². The predicted octanol–water partition coefficient (Wildman–Crippen LogP) is 3.67. The lowest BCUT2D eigenvalue weighted by molar-refractivity contribution is 0.313. The zero-order chi connectivity index (χ0) is 15.2. The summed E-state index contributed by atoms with van der Waals surface area (Å²) in [6.07, 6.45) is 2.65. The van der Waals surface area contributed by atoms with Gasteiger partial charge in [0.25, 0.3) is 10.1 Å². The Bertz CT molecular complexity index is 518. The third-order valence-electron chi connectivity index (χ3n) is 3.82. The summed E-state index contributed by atoms with van der Waals surface area (Å²) in [4.78, 5) is 0. The smallest absolute Gasteiger partial charge is 0.267 e. The zero-order valence-electron chi connectivity index (χ0n) is 13.0. The van der Waals surface area contributed by atoms with Crippen LogP contribution in [-0.4, -0.2) is 20.8 Å². The van der Waals surface area contributed by atoms with Crippen LogP contribution in [0, 0.1) is 0 Å². The molecule has 0 spiro atoms. The average molecular weight is 298 g/mol. The lowest BCUT2D eigenvalue weighted by Gasteiger charge is -2.23. The van der Waals surface area contributed by atoms with Gasteiger partial charge in [-0.3, -0.25) is 4.18 Å². The Morgan fingerprint density at radius 3 is 2.50 bits per heavy atom. The Balaban J connectivity index is 2.56. The van der Waals surface area contributed by atoms with E-state index in [0.717, 1.165) is 19.3 Å². The number of hydrogen-bond acceptors (Lipinski definition) is 3. The van der Waals surface area contributed by atoms with Crippen molar-refractivity contribution in [2.75, 3.05) is 12.4 Å². The van der Waals surface area contributed by atoms with Crippen molar-refractivity contribution < 1.29 is 12.6 Å². The number of hydrogen-bond donors (Lipinski definition) is 0. The summed E-state index contributed by atoms with van der Waals surface area (Å²) >= 11 is 0. The predicted molar refractivity (Wildman–Crippen MR) is 83.5 cm³/mol. The molecule has 0 bridgehead atoms. The molecular formula is C16H26O3S. The molecule has 0 aliphatic rings. The van der Waals surface area contributed by atoms with Crippen molar-refractivity contribution in [3.63, 3.8) is 0 Å². The topological polar surface area (TPSA) is 43.4 Å². The first-order chi connectivity index (χ1) is 9.30. The van der Waals surface area contributed by atoms with Gasteiger partial charge in [0, 0.05) is 0 Å². The number of aryl methyl sites for hydroxylation is 1. The first-order valence-corrected chi connectivity index (χ1v) is 8.85. The molecule has 1 aromatic carbocycles. The summed E-state index contributed by atoms with van der Waals surface area (Å²) in [5.74, 6) is 0.0349. The SMILES string of the molecule is CCC(C)(C)c1cccc(CCCOS(=O)(=O)CC)c1. The fourth-order valence-electron chi connectivity index (χ4n) is 1.90. The van der Waals surface area contributed by atoms with Gasteiger partial charge < -0.3 is 0 Å². The molecule has 0 aliphatic carbocycles. The fourth-order valence-corrected chi connectivity index (χ4v) is 2.44. The van der Waals surface area contributed by atoms with E-state index in [4.69, 9.17) is 4.18 Å². The monoisotopic (exact) mass is 298 g/mol. The highest BCUT2D eigenvalue weighted by molar-refractivity contribution is 7.86. The minimum Gasteiger partial charge on any atom is -0.270 e. The zero-order valence-corrected chi connectivity index (χ0v) is 13.8. The third-order valence-corrected chi connectivity index (χ3v) is 5.05. The molecule has 0 saturated heterocycles. The summed E-state index contributed by atoms with van der Waals surface area (Å²) in [5.41, 5.74) is 2.75. The van der Waals surface area contributed by atoms with Gasteiger partial charge in [0.15, 0.2) is 0 Å². The van der Waals surface area contributed by atoms with Gasteiger partial charge in [-0.25, -0.2) is 0 Å². The maximum absolute atomic E-state index is 11.2. The molecule has 4 heteroatoms. The van der Waals surface area contributed by atoms with Gasteiger partial charge in [-0.05, 0) is 42.7 Å². The van der Waals surface area contributed by atoms with E-state index in [0.29, 0.717) is 0 Å². The molecule has 114 valence electrons. The first-order valence-electron chi connectivity index (χ1n) is 7.27. The molecule has 3 nitrogen and oxygen atoms in total. The van der Waals surface area contributed by atoms with Gasteiger partial charge >= 0.3 is 0 Å². The second kappa shape index (κ2) is 7.23. The van der Waals surface area contributed by atoms with Crippen LogP contribution in [-0.2, 0) is 26.1 Å². The molecule has 1 aromatic rings. The maximum Gasteiger partial charge on any atom is 0.267 e. The number of rotatable bonds is 8. The van der Waals surface area contributed by atoms with Crippen LogP contribution >= 0.6 is 0 Å². The molecule has 20 heavy (non-hydrogen) atoms. The van der Waals surface area contributed by atoms with Crippen LogP contribution in [0.2, 0.25) is 0 Å². The summed E-state index contributed by atoms with van der Waals surface area (Å²) in [6.45, 7) is 8.52. The van der Waals surface area contributed by atoms with E-state index in [1.165, 1.54) is 11.1 Å². The molecule has 0 radical (unpaired) electrons. The summed E-state index contributed by atoms with van der Waals surface area (Å²) < 4.78 is 27.3. The normalized spacial score (nSPS) is 12.6. The Labute approximate surface area is 123 Å². The minimum atomic E-state index is -3.31.